The molecule has 1 aromatic rings. The molecule has 0 amide bonds. The van der Waals surface area contributed by atoms with E-state index in [0.717, 1.165) is 25.1 Å². The second-order valence-corrected chi connectivity index (χ2v) is 5.77. The van der Waals surface area contributed by atoms with Gasteiger partial charge < -0.3 is 10.5 Å². The molecule has 0 radical (unpaired) electrons. The number of halogens is 1. The van der Waals surface area contributed by atoms with Gasteiger partial charge in [0.1, 0.15) is 5.75 Å². The summed E-state index contributed by atoms with van der Waals surface area (Å²) in [7, 11) is 1.76. The van der Waals surface area contributed by atoms with Crippen LogP contribution < -0.4 is 10.5 Å². The zero-order chi connectivity index (χ0) is 13.0. The minimum atomic E-state index is 0.734. The minimum absolute atomic E-state index is 0.734. The van der Waals surface area contributed by atoms with Crippen molar-refractivity contribution in [3.05, 3.63) is 27.2 Å². The molecule has 1 aromatic carbocycles. The Morgan fingerprint density at radius 3 is 2.78 bits per heavy atom. The van der Waals surface area contributed by atoms with E-state index >= 15 is 0 Å². The Labute approximate surface area is 118 Å². The van der Waals surface area contributed by atoms with Crippen LogP contribution >= 0.6 is 15.9 Å². The van der Waals surface area contributed by atoms with Crippen LogP contribution in [0.2, 0.25) is 0 Å². The second kappa shape index (κ2) is 6.58. The molecule has 18 heavy (non-hydrogen) atoms. The number of aryl methyl sites for hydroxylation is 2. The van der Waals surface area contributed by atoms with Crippen molar-refractivity contribution in [1.29, 1.82) is 0 Å². The van der Waals surface area contributed by atoms with Crippen molar-refractivity contribution in [2.75, 3.05) is 13.7 Å². The number of nitrogens with two attached hydrogens (primary N) is 1. The van der Waals surface area contributed by atoms with Gasteiger partial charge in [-0.05, 0) is 77.7 Å². The Kier molecular flexibility index (Phi) is 5.07. The van der Waals surface area contributed by atoms with E-state index in [4.69, 9.17) is 10.5 Å². The van der Waals surface area contributed by atoms with Gasteiger partial charge in [-0.3, -0.25) is 0 Å². The predicted octanol–water partition coefficient (Wildman–Crippen LogP) is 3.62. The van der Waals surface area contributed by atoms with Crippen molar-refractivity contribution in [2.24, 2.45) is 5.73 Å². The molecule has 0 saturated heterocycles. The van der Waals surface area contributed by atoms with Crippen LogP contribution in [0.15, 0.2) is 10.5 Å². The van der Waals surface area contributed by atoms with Crippen LogP contribution in [-0.2, 0) is 19.3 Å². The van der Waals surface area contributed by atoms with Crippen molar-refractivity contribution in [3.8, 4) is 5.75 Å². The zero-order valence-corrected chi connectivity index (χ0v) is 12.7. The molecule has 0 atom stereocenters. The molecule has 0 aromatic heterocycles. The summed E-state index contributed by atoms with van der Waals surface area (Å²) < 4.78 is 6.77. The summed E-state index contributed by atoms with van der Waals surface area (Å²) in [4.78, 5) is 0. The molecule has 0 unspecified atom stereocenters. The van der Waals surface area contributed by atoms with Gasteiger partial charge in [-0.2, -0.15) is 0 Å². The molecule has 2 nitrogen and oxygen atoms in total. The number of rotatable bonds is 4. The molecule has 100 valence electrons. The van der Waals surface area contributed by atoms with Crippen molar-refractivity contribution in [1.82, 2.24) is 0 Å². The lowest BCUT2D eigenvalue weighted by atomic mass is 9.97. The number of benzene rings is 1. The third-order valence-electron chi connectivity index (χ3n) is 3.72. The zero-order valence-electron chi connectivity index (χ0n) is 11.1. The molecule has 0 fully saturated rings. The molecule has 1 aliphatic carbocycles. The first kappa shape index (κ1) is 13.9. The normalized spacial score (nSPS) is 15.1. The van der Waals surface area contributed by atoms with Gasteiger partial charge in [0, 0.05) is 0 Å². The van der Waals surface area contributed by atoms with Gasteiger partial charge in [-0.25, -0.2) is 0 Å². The maximum atomic E-state index is 5.62. The number of fused-ring (bicyclic) bond motifs is 1. The smallest absolute Gasteiger partial charge is 0.136 e. The standard InChI is InChI=1S/C15H22BrNO/c1-18-15-12(7-5-9-17)10-11-6-3-2-4-8-13(11)14(15)16/h10H,2-9,17H2,1H3. The molecule has 0 spiro atoms. The van der Waals surface area contributed by atoms with E-state index < -0.39 is 0 Å². The highest BCUT2D eigenvalue weighted by atomic mass is 79.9. The highest BCUT2D eigenvalue weighted by Gasteiger charge is 2.18. The van der Waals surface area contributed by atoms with E-state index in [1.165, 1.54) is 53.3 Å². The largest absolute Gasteiger partial charge is 0.495 e. The number of methoxy groups -OCH3 is 1. The molecule has 2 N–H and O–H groups in total. The minimum Gasteiger partial charge on any atom is -0.495 e. The molecule has 0 aliphatic heterocycles. The number of ether oxygens (including phenoxy) is 1. The van der Waals surface area contributed by atoms with Crippen LogP contribution in [0.5, 0.6) is 5.75 Å². The fourth-order valence-corrected chi connectivity index (χ4v) is 3.64. The predicted molar refractivity (Wildman–Crippen MR) is 79.3 cm³/mol. The van der Waals surface area contributed by atoms with E-state index in [1.807, 2.05) is 0 Å². The Morgan fingerprint density at radius 2 is 2.06 bits per heavy atom. The van der Waals surface area contributed by atoms with Crippen LogP contribution in [0.1, 0.15) is 42.4 Å². The van der Waals surface area contributed by atoms with Gasteiger partial charge >= 0.3 is 0 Å². The topological polar surface area (TPSA) is 35.2 Å². The van der Waals surface area contributed by atoms with Gasteiger partial charge in [-0.1, -0.05) is 12.5 Å². The lowest BCUT2D eigenvalue weighted by Gasteiger charge is -2.17. The average Bonchev–Trinajstić information content (AvgIpc) is 2.62. The highest BCUT2D eigenvalue weighted by molar-refractivity contribution is 9.10. The molecule has 3 heteroatoms. The van der Waals surface area contributed by atoms with Crippen molar-refractivity contribution in [3.63, 3.8) is 0 Å². The van der Waals surface area contributed by atoms with Crippen LogP contribution in [0.3, 0.4) is 0 Å². The third-order valence-corrected chi connectivity index (χ3v) is 4.56. The SMILES string of the molecule is COc1c(CCCN)cc2c(c1Br)CCCCC2. The quantitative estimate of drug-likeness (QED) is 0.862. The summed E-state index contributed by atoms with van der Waals surface area (Å²) in [5.74, 6) is 1.02. The van der Waals surface area contributed by atoms with Crippen molar-refractivity contribution >= 4 is 15.9 Å². The average molecular weight is 312 g/mol. The van der Waals surface area contributed by atoms with Gasteiger partial charge in [0.05, 0.1) is 11.6 Å². The second-order valence-electron chi connectivity index (χ2n) is 4.97. The summed E-state index contributed by atoms with van der Waals surface area (Å²) in [6, 6.07) is 2.35. The Balaban J connectivity index is 2.41. The van der Waals surface area contributed by atoms with Gasteiger partial charge in [0.2, 0.25) is 0 Å². The van der Waals surface area contributed by atoms with Gasteiger partial charge in [-0.15, -0.1) is 0 Å². The molecular formula is C15H22BrNO. The molecular weight excluding hydrogens is 290 g/mol. The summed E-state index contributed by atoms with van der Waals surface area (Å²) in [6.07, 6.45) is 8.32. The van der Waals surface area contributed by atoms with Crippen LogP contribution in [0.25, 0.3) is 0 Å². The molecule has 2 rings (SSSR count). The summed E-state index contributed by atoms with van der Waals surface area (Å²) >= 11 is 3.75. The van der Waals surface area contributed by atoms with Crippen LogP contribution in [-0.4, -0.2) is 13.7 Å². The molecule has 0 heterocycles. The molecule has 0 bridgehead atoms. The lowest BCUT2D eigenvalue weighted by Crippen LogP contribution is -2.04. The Morgan fingerprint density at radius 1 is 1.28 bits per heavy atom. The lowest BCUT2D eigenvalue weighted by molar-refractivity contribution is 0.405. The summed E-state index contributed by atoms with van der Waals surface area (Å²) in [5, 5.41) is 0. The van der Waals surface area contributed by atoms with E-state index in [9.17, 15) is 0 Å². The number of hydrogen-bond donors (Lipinski definition) is 1. The summed E-state index contributed by atoms with van der Waals surface area (Å²) in [6.45, 7) is 0.734. The van der Waals surface area contributed by atoms with Crippen molar-refractivity contribution in [2.45, 2.75) is 44.9 Å². The maximum absolute atomic E-state index is 5.62. The first-order valence-electron chi connectivity index (χ1n) is 6.85. The molecule has 0 saturated carbocycles. The van der Waals surface area contributed by atoms with Gasteiger partial charge in [0.25, 0.3) is 0 Å². The first-order valence-corrected chi connectivity index (χ1v) is 7.64. The third kappa shape index (κ3) is 2.89. The number of hydrogen-bond acceptors (Lipinski definition) is 2. The van der Waals surface area contributed by atoms with Crippen LogP contribution in [0, 0.1) is 0 Å². The monoisotopic (exact) mass is 311 g/mol. The first-order chi connectivity index (χ1) is 8.77. The van der Waals surface area contributed by atoms with E-state index in [-0.39, 0.29) is 0 Å². The van der Waals surface area contributed by atoms with E-state index in [1.54, 1.807) is 7.11 Å². The Bertz CT molecular complexity index is 417. The van der Waals surface area contributed by atoms with E-state index in [0.29, 0.717) is 0 Å². The van der Waals surface area contributed by atoms with Gasteiger partial charge in [0.15, 0.2) is 0 Å². The van der Waals surface area contributed by atoms with Crippen molar-refractivity contribution < 1.29 is 4.74 Å². The molecule has 1 aliphatic rings. The maximum Gasteiger partial charge on any atom is 0.136 e. The van der Waals surface area contributed by atoms with Crippen LogP contribution in [0.4, 0.5) is 0 Å². The highest BCUT2D eigenvalue weighted by Crippen LogP contribution is 2.38. The fourth-order valence-electron chi connectivity index (χ4n) is 2.77. The fraction of sp³-hybridized carbons (Fsp3) is 0.600. The Hall–Kier alpha value is -0.540. The summed E-state index contributed by atoms with van der Waals surface area (Å²) in [5.41, 5.74) is 9.88. The van der Waals surface area contributed by atoms with E-state index in [2.05, 4.69) is 22.0 Å².